The molecule has 0 saturated carbocycles. The number of aryl methyl sites for hydroxylation is 1. The molecule has 0 bridgehead atoms. The van der Waals surface area contributed by atoms with Crippen molar-refractivity contribution in [2.45, 2.75) is 13.1 Å². The van der Waals surface area contributed by atoms with Gasteiger partial charge in [-0.25, -0.2) is 43.0 Å². The van der Waals surface area contributed by atoms with Gasteiger partial charge in [0.05, 0.1) is 48.1 Å². The van der Waals surface area contributed by atoms with Crippen LogP contribution in [-0.2, 0) is 15.8 Å². The number of nitrogen functional groups attached to an aromatic ring is 3. The molecular weight excluding hydrogens is 1730 g/mol. The first kappa shape index (κ1) is 86.7. The Bertz CT molecular complexity index is 7710. The van der Waals surface area contributed by atoms with Crippen LogP contribution < -0.4 is 76.6 Å². The third-order valence-electron chi connectivity index (χ3n) is 18.8. The first-order valence-electron chi connectivity index (χ1n) is 37.0. The van der Waals surface area contributed by atoms with Gasteiger partial charge in [-0.3, -0.25) is 49.4 Å². The van der Waals surface area contributed by atoms with Crippen molar-refractivity contribution < 1.29 is 46.9 Å². The van der Waals surface area contributed by atoms with Gasteiger partial charge >= 0.3 is 23.2 Å². The van der Waals surface area contributed by atoms with E-state index in [0.717, 1.165) is 39.1 Å². The number of aromatic nitrogens is 14. The number of halogens is 5. The van der Waals surface area contributed by atoms with Gasteiger partial charge in [-0.1, -0.05) is 96.0 Å². The van der Waals surface area contributed by atoms with Crippen molar-refractivity contribution in [3.05, 3.63) is 328 Å². The number of thiocarbonyl (C=S) groups is 1. The fraction of sp³-hybridized carbons (Fsp3) is 0.0465. The van der Waals surface area contributed by atoms with Crippen molar-refractivity contribution in [2.24, 2.45) is 4.99 Å². The second-order valence-electron chi connectivity index (χ2n) is 27.0. The largest absolute Gasteiger partial charge is 0.504 e. The predicted octanol–water partition coefficient (Wildman–Crippen LogP) is 11.8. The molecule has 0 unspecified atom stereocenters. The van der Waals surface area contributed by atoms with E-state index in [4.69, 9.17) is 78.7 Å². The molecule has 0 aliphatic carbocycles. The fourth-order valence-corrected chi connectivity index (χ4v) is 13.4. The standard InChI is InChI=1S/C19H14ClN5O4.C19H14ClN5O3.C18H13N5O2.C17H11F3N2O3S.C13H9N3O2S/c1-29-12-4-2-3-11(15(12)26)17-22-13-14(18(27)24-17)23-19(28)25(16(13)21)10-7-5-9(20)6-8-10;1-28-13-8-2-10(3-9-13)17-22-14-15(18(26)24-17)23-19(27)25(16(14)21)12-6-4-11(20)5-7-12;19-15-13-14(21-18(25)23(15)12-9-5-2-6-10-12)17(24)22-16(20-13)11-7-3-1-4-8-11;1-8-4-9(6-10(5-8)17(18,19)20)13-3-2-11(25-13)7-12-14(23)21-16(26)22-15(12)24;17-11-9(12(18)16-13(19)15-11)5-7-6-14-10-4-2-1-3-8(7)10/h2-8,26H,21H2,1H3,(H,22,24,27);2-9H,21H2,1H3,(H,22,24,26);1-10H,19H2,(H,20,22,24);2-7H,1H3,(H2,21,22,23,24,26);1-6H,(H3,15,16,17,18,19). The molecule has 1 saturated heterocycles. The number of H-pyrrole nitrogens is 5. The third kappa shape index (κ3) is 18.9. The average Bonchev–Trinajstić information content (AvgIpc) is 1.55. The van der Waals surface area contributed by atoms with Crippen LogP contribution in [0.4, 0.5) is 36.3 Å². The summed E-state index contributed by atoms with van der Waals surface area (Å²) in [6.07, 6.45) is -0.0504. The molecule has 0 radical (unpaired) electrons. The molecule has 0 spiro atoms. The summed E-state index contributed by atoms with van der Waals surface area (Å²) >= 11 is 21.3. The van der Waals surface area contributed by atoms with Crippen LogP contribution in [0.2, 0.25) is 10.0 Å². The molecule has 16 aromatic rings. The van der Waals surface area contributed by atoms with E-state index in [-0.39, 0.29) is 117 Å². The van der Waals surface area contributed by atoms with Gasteiger partial charge in [0.2, 0.25) is 5.88 Å². The lowest BCUT2D eigenvalue weighted by atomic mass is 10.0. The number of rotatable bonds is 11. The van der Waals surface area contributed by atoms with Crippen LogP contribution in [0.15, 0.2) is 255 Å². The summed E-state index contributed by atoms with van der Waals surface area (Å²) in [6.45, 7) is 1.55. The van der Waals surface area contributed by atoms with Gasteiger partial charge in [-0.2, -0.15) is 28.1 Å². The number of allylic oxidation sites excluding steroid dienone is 1. The minimum absolute atomic E-state index is 0.0122. The van der Waals surface area contributed by atoms with E-state index in [1.54, 1.807) is 148 Å². The number of furan rings is 1. The Morgan fingerprint density at radius 3 is 1.47 bits per heavy atom. The van der Waals surface area contributed by atoms with E-state index in [9.17, 15) is 66.5 Å². The summed E-state index contributed by atoms with van der Waals surface area (Å²) in [5.41, 5.74) is 19.7. The van der Waals surface area contributed by atoms with Gasteiger partial charge in [0.25, 0.3) is 34.1 Å². The molecule has 34 nitrogen and oxygen atoms in total. The second-order valence-corrected chi connectivity index (χ2v) is 28.7. The number of nitrogens with zero attached hydrogens (tertiary/aromatic N) is 10. The van der Waals surface area contributed by atoms with Crippen LogP contribution in [0.25, 0.3) is 113 Å². The molecule has 2 amide bonds. The minimum Gasteiger partial charge on any atom is -0.504 e. The molecule has 8 aromatic carbocycles. The Labute approximate surface area is 729 Å². The van der Waals surface area contributed by atoms with Gasteiger partial charge in [0.1, 0.15) is 79.9 Å². The number of phenolic OH excluding ortho intramolecular Hbond substituents is 1. The van der Waals surface area contributed by atoms with E-state index >= 15 is 0 Å². The number of ether oxygens (including phenoxy) is 2. The van der Waals surface area contributed by atoms with Crippen LogP contribution in [0.5, 0.6) is 23.1 Å². The number of fused-ring (bicyclic) bond motifs is 4. The number of amides is 2. The Hall–Kier alpha value is -16.7. The van der Waals surface area contributed by atoms with Crippen molar-refractivity contribution in [1.29, 1.82) is 0 Å². The lowest BCUT2D eigenvalue weighted by Gasteiger charge is -2.15. The molecule has 8 aromatic heterocycles. The van der Waals surface area contributed by atoms with Crippen molar-refractivity contribution >= 4 is 145 Å². The van der Waals surface area contributed by atoms with E-state index in [1.807, 2.05) is 60.7 Å². The van der Waals surface area contributed by atoms with Crippen LogP contribution in [0, 0.1) is 11.7 Å². The summed E-state index contributed by atoms with van der Waals surface area (Å²) in [4.78, 5) is 152. The lowest BCUT2D eigenvalue weighted by molar-refractivity contribution is -0.137. The third-order valence-corrected chi connectivity index (χ3v) is 19.7. The van der Waals surface area contributed by atoms with Gasteiger partial charge in [-0.15, -0.1) is 0 Å². The second kappa shape index (κ2) is 36.6. The quantitative estimate of drug-likeness (QED) is 0.0325. The van der Waals surface area contributed by atoms with Gasteiger partial charge < -0.3 is 61.2 Å². The molecule has 2 aliphatic heterocycles. The molecule has 15 N–H and O–H groups in total. The molecule has 636 valence electrons. The highest BCUT2D eigenvalue weighted by atomic mass is 35.5. The number of anilines is 3. The van der Waals surface area contributed by atoms with Crippen LogP contribution >= 0.6 is 47.6 Å². The zero-order chi connectivity index (χ0) is 90.4. The van der Waals surface area contributed by atoms with Crippen LogP contribution in [0.1, 0.15) is 28.0 Å². The summed E-state index contributed by atoms with van der Waals surface area (Å²) in [5, 5.41) is 25.6. The van der Waals surface area contributed by atoms with Crippen molar-refractivity contribution in [2.75, 3.05) is 31.4 Å². The SMILES string of the molecule is COc1ccc(-c2nc3c(N)n(-c4ccc(Cl)cc4)c(=O)nc3c(=O)[nH]2)cc1.COc1cccc(-c2nc3c(N)n(-c4ccc(Cl)cc4)c(=O)nc3c(=O)[nH]2)c1O.Cc1cc(-c2ccc(C=C3C(=O)NC(=S)NC3=O)o2)cc(C(F)(F)F)c1.Nc1c2nc(-c3ccccc3)[nH]c(=O)c2nc(=O)n1-c1ccccc1.O=c1[nH]c(=S)[nH]c(O)c1C=C1C=Nc2ccccc21. The molecule has 18 rings (SSSR count). The summed E-state index contributed by atoms with van der Waals surface area (Å²) in [7, 11) is 2.97. The molecule has 10 heterocycles. The number of phenols is 1. The Morgan fingerprint density at radius 2 is 0.961 bits per heavy atom. The van der Waals surface area contributed by atoms with E-state index in [0.29, 0.717) is 55.6 Å². The number of carbonyl (C=O) groups is 2. The smallest absolute Gasteiger partial charge is 0.416 e. The Kier molecular flexibility index (Phi) is 25.0. The first-order chi connectivity index (χ1) is 60.8. The number of methoxy groups -OCH3 is 2. The molecule has 41 heteroatoms. The van der Waals surface area contributed by atoms with Gasteiger partial charge in [0, 0.05) is 44.1 Å². The highest BCUT2D eigenvalue weighted by Crippen LogP contribution is 2.38. The maximum atomic E-state index is 13.0. The number of aromatic hydroxyl groups is 2. The molecular formula is C86H61Cl2F3N20O14S2. The fourth-order valence-electron chi connectivity index (χ4n) is 12.8. The van der Waals surface area contributed by atoms with Gasteiger partial charge in [-0.05, 0) is 183 Å². The number of para-hydroxylation sites is 3. The van der Waals surface area contributed by atoms with E-state index in [2.05, 4.69) is 70.4 Å². The summed E-state index contributed by atoms with van der Waals surface area (Å²) in [6, 6.07) is 56.7. The molecule has 1 fully saturated rings. The topological polar surface area (TPSA) is 511 Å². The monoisotopic (exact) mass is 1790 g/mol. The predicted molar refractivity (Wildman–Crippen MR) is 479 cm³/mol. The first-order valence-corrected chi connectivity index (χ1v) is 38.6. The Morgan fingerprint density at radius 1 is 0.480 bits per heavy atom. The van der Waals surface area contributed by atoms with Crippen molar-refractivity contribution in [3.63, 3.8) is 0 Å². The maximum Gasteiger partial charge on any atom is 0.416 e. The summed E-state index contributed by atoms with van der Waals surface area (Å²) < 4.78 is 58.2. The Balaban J connectivity index is 0.000000129. The number of carbonyl (C=O) groups excluding carboxylic acids is 2. The number of aromatic amines is 5. The van der Waals surface area contributed by atoms with Crippen molar-refractivity contribution in [1.82, 2.24) is 79.2 Å². The van der Waals surface area contributed by atoms with E-state index < -0.39 is 62.9 Å². The number of hydrogen-bond donors (Lipinski definition) is 12. The zero-order valence-corrected chi connectivity index (χ0v) is 68.7. The number of benzene rings is 8. The van der Waals surface area contributed by atoms with Crippen LogP contribution in [0.3, 0.4) is 0 Å². The number of alkyl halides is 3. The van der Waals surface area contributed by atoms with Crippen LogP contribution in [-0.4, -0.2) is 116 Å². The maximum absolute atomic E-state index is 13.0. The number of aliphatic imine (C=N–C) groups is 1. The van der Waals surface area contributed by atoms with E-state index in [1.165, 1.54) is 34.5 Å². The highest BCUT2D eigenvalue weighted by Gasteiger charge is 2.32. The van der Waals surface area contributed by atoms with Gasteiger partial charge in [0.15, 0.2) is 37.9 Å². The lowest BCUT2D eigenvalue weighted by Crippen LogP contribution is -2.51. The summed E-state index contributed by atoms with van der Waals surface area (Å²) in [5.74, 6) is 0.106. The number of hydrogen-bond acceptors (Lipinski definition) is 26. The molecule has 127 heavy (non-hydrogen) atoms. The number of nitrogens with two attached hydrogens (primary N) is 3. The minimum atomic E-state index is -4.48. The normalized spacial score (nSPS) is 12.3. The molecule has 2 aliphatic rings. The highest BCUT2D eigenvalue weighted by molar-refractivity contribution is 7.80. The molecule has 0 atom stereocenters. The zero-order valence-electron chi connectivity index (χ0n) is 65.6. The average molecular weight is 1790 g/mol. The number of nitrogens with one attached hydrogen (secondary N) is 7. The van der Waals surface area contributed by atoms with Crippen molar-refractivity contribution in [3.8, 4) is 85.7 Å².